The molecule has 0 aliphatic heterocycles. The molecule has 0 aromatic heterocycles. The van der Waals surface area contributed by atoms with E-state index in [0.717, 1.165) is 24.8 Å². The number of halogens is 1. The van der Waals surface area contributed by atoms with Gasteiger partial charge in [0.25, 0.3) is 0 Å². The summed E-state index contributed by atoms with van der Waals surface area (Å²) in [6.45, 7) is 5.94. The molecule has 3 nitrogen and oxygen atoms in total. The fraction of sp³-hybridized carbons (Fsp3) is 0.438. The van der Waals surface area contributed by atoms with Crippen molar-refractivity contribution in [3.8, 4) is 0 Å². The van der Waals surface area contributed by atoms with Crippen LogP contribution in [0.2, 0.25) is 0 Å². The number of esters is 1. The molecule has 2 unspecified atom stereocenters. The fourth-order valence-corrected chi connectivity index (χ4v) is 2.60. The molecule has 110 valence electrons. The Morgan fingerprint density at radius 3 is 2.95 bits per heavy atom. The molecule has 1 aromatic carbocycles. The summed E-state index contributed by atoms with van der Waals surface area (Å²) in [4.78, 5) is 11.9. The van der Waals surface area contributed by atoms with Gasteiger partial charge >= 0.3 is 5.97 Å². The molecule has 20 heavy (non-hydrogen) atoms. The Bertz CT molecular complexity index is 487. The van der Waals surface area contributed by atoms with Gasteiger partial charge in [-0.15, -0.1) is 19.0 Å². The van der Waals surface area contributed by atoms with E-state index in [2.05, 4.69) is 18.7 Å². The molecular weight excluding hydrogens is 274 g/mol. The number of aryl methyl sites for hydroxylation is 1. The van der Waals surface area contributed by atoms with Crippen LogP contribution in [0.4, 0.5) is 0 Å². The molecule has 0 amide bonds. The summed E-state index contributed by atoms with van der Waals surface area (Å²) in [7, 11) is 0. The zero-order valence-electron chi connectivity index (χ0n) is 11.8. The normalized spacial score (nSPS) is 18.4. The average Bonchev–Trinajstić information content (AvgIpc) is 2.39. The first-order valence-corrected chi connectivity index (χ1v) is 6.82. The van der Waals surface area contributed by atoms with E-state index in [1.165, 1.54) is 11.1 Å². The third kappa shape index (κ3) is 3.62. The number of nitrogens with two attached hydrogens (primary N) is 1. The minimum atomic E-state index is -0.386. The van der Waals surface area contributed by atoms with E-state index >= 15 is 0 Å². The van der Waals surface area contributed by atoms with E-state index in [1.54, 1.807) is 6.08 Å². The van der Waals surface area contributed by atoms with E-state index in [1.807, 2.05) is 13.0 Å². The van der Waals surface area contributed by atoms with Crippen molar-refractivity contribution in [1.82, 2.24) is 0 Å². The van der Waals surface area contributed by atoms with Gasteiger partial charge in [0.1, 0.15) is 0 Å². The van der Waals surface area contributed by atoms with E-state index in [4.69, 9.17) is 10.5 Å². The van der Waals surface area contributed by atoms with Gasteiger partial charge in [-0.1, -0.05) is 24.3 Å². The van der Waals surface area contributed by atoms with Crippen molar-refractivity contribution in [2.24, 2.45) is 5.73 Å². The maximum Gasteiger partial charge on any atom is 0.317 e. The topological polar surface area (TPSA) is 52.3 Å². The Morgan fingerprint density at radius 2 is 2.30 bits per heavy atom. The SMILES string of the molecule is C=CC(C(=O)OCC)c1ccc2c(c1)CC(N)CC2.Cl. The lowest BCUT2D eigenvalue weighted by molar-refractivity contribution is -0.143. The number of hydrogen-bond acceptors (Lipinski definition) is 3. The molecule has 0 saturated carbocycles. The number of benzene rings is 1. The predicted molar refractivity (Wildman–Crippen MR) is 83.3 cm³/mol. The van der Waals surface area contributed by atoms with Crippen LogP contribution in [0, 0.1) is 0 Å². The largest absolute Gasteiger partial charge is 0.465 e. The van der Waals surface area contributed by atoms with Crippen molar-refractivity contribution in [2.75, 3.05) is 6.61 Å². The van der Waals surface area contributed by atoms with Crippen LogP contribution in [0.5, 0.6) is 0 Å². The summed E-state index contributed by atoms with van der Waals surface area (Å²) >= 11 is 0. The average molecular weight is 296 g/mol. The van der Waals surface area contributed by atoms with E-state index < -0.39 is 0 Å². The summed E-state index contributed by atoms with van der Waals surface area (Å²) in [5, 5.41) is 0. The van der Waals surface area contributed by atoms with Gasteiger partial charge < -0.3 is 10.5 Å². The second-order valence-electron chi connectivity index (χ2n) is 5.00. The molecule has 0 heterocycles. The summed E-state index contributed by atoms with van der Waals surface area (Å²) in [6, 6.07) is 6.41. The quantitative estimate of drug-likeness (QED) is 0.686. The Labute approximate surface area is 126 Å². The van der Waals surface area contributed by atoms with Gasteiger partial charge in [0.2, 0.25) is 0 Å². The van der Waals surface area contributed by atoms with Crippen molar-refractivity contribution in [3.63, 3.8) is 0 Å². The van der Waals surface area contributed by atoms with Crippen molar-refractivity contribution in [2.45, 2.75) is 38.1 Å². The third-order valence-corrected chi connectivity index (χ3v) is 3.63. The molecule has 0 fully saturated rings. The van der Waals surface area contributed by atoms with E-state index in [-0.39, 0.29) is 30.3 Å². The summed E-state index contributed by atoms with van der Waals surface area (Å²) < 4.78 is 5.08. The van der Waals surface area contributed by atoms with Crippen molar-refractivity contribution in [3.05, 3.63) is 47.5 Å². The van der Waals surface area contributed by atoms with Crippen LogP contribution >= 0.6 is 12.4 Å². The first kappa shape index (κ1) is 16.7. The standard InChI is InChI=1S/C16H21NO2.ClH/c1-3-15(16(18)19-4-2)12-6-5-11-7-8-14(17)10-13(11)9-12;/h3,5-6,9,14-15H,1,4,7-8,10,17H2,2H3;1H. The number of carbonyl (C=O) groups is 1. The fourth-order valence-electron chi connectivity index (χ4n) is 2.60. The van der Waals surface area contributed by atoms with Crippen LogP contribution in [0.15, 0.2) is 30.9 Å². The van der Waals surface area contributed by atoms with Crippen molar-refractivity contribution in [1.29, 1.82) is 0 Å². The van der Waals surface area contributed by atoms with Gasteiger partial charge in [-0.25, -0.2) is 0 Å². The van der Waals surface area contributed by atoms with Gasteiger partial charge in [-0.05, 0) is 42.9 Å². The number of carbonyl (C=O) groups excluding carboxylic acids is 1. The van der Waals surface area contributed by atoms with E-state index in [0.29, 0.717) is 6.61 Å². The van der Waals surface area contributed by atoms with Crippen LogP contribution in [-0.2, 0) is 22.4 Å². The molecule has 1 aliphatic carbocycles. The number of hydrogen-bond donors (Lipinski definition) is 1. The second kappa shape index (κ2) is 7.46. The number of ether oxygens (including phenoxy) is 1. The van der Waals surface area contributed by atoms with Crippen molar-refractivity contribution >= 4 is 18.4 Å². The first-order valence-electron chi connectivity index (χ1n) is 6.82. The molecule has 0 radical (unpaired) electrons. The van der Waals surface area contributed by atoms with E-state index in [9.17, 15) is 4.79 Å². The minimum absolute atomic E-state index is 0. The van der Waals surface area contributed by atoms with Gasteiger partial charge in [0.15, 0.2) is 0 Å². The summed E-state index contributed by atoms with van der Waals surface area (Å²) in [5.74, 6) is -0.624. The van der Waals surface area contributed by atoms with Crippen LogP contribution in [0.25, 0.3) is 0 Å². The Kier molecular flexibility index (Phi) is 6.24. The lowest BCUT2D eigenvalue weighted by atomic mass is 9.85. The highest BCUT2D eigenvalue weighted by atomic mass is 35.5. The molecule has 4 heteroatoms. The molecule has 0 spiro atoms. The second-order valence-corrected chi connectivity index (χ2v) is 5.00. The van der Waals surface area contributed by atoms with Crippen LogP contribution in [-0.4, -0.2) is 18.6 Å². The molecule has 1 aliphatic rings. The number of fused-ring (bicyclic) bond motifs is 1. The summed E-state index contributed by atoms with van der Waals surface area (Å²) in [6.07, 6.45) is 4.59. The number of rotatable bonds is 4. The molecule has 0 bridgehead atoms. The monoisotopic (exact) mass is 295 g/mol. The highest BCUT2D eigenvalue weighted by Crippen LogP contribution is 2.26. The molecule has 2 rings (SSSR count). The van der Waals surface area contributed by atoms with Gasteiger partial charge in [0.05, 0.1) is 12.5 Å². The molecule has 2 N–H and O–H groups in total. The Balaban J connectivity index is 0.00000200. The smallest absolute Gasteiger partial charge is 0.317 e. The van der Waals surface area contributed by atoms with Crippen molar-refractivity contribution < 1.29 is 9.53 Å². The Morgan fingerprint density at radius 1 is 1.55 bits per heavy atom. The molecule has 0 saturated heterocycles. The van der Waals surface area contributed by atoms with Crippen LogP contribution < -0.4 is 5.73 Å². The highest BCUT2D eigenvalue weighted by Gasteiger charge is 2.21. The van der Waals surface area contributed by atoms with Gasteiger partial charge in [0, 0.05) is 6.04 Å². The van der Waals surface area contributed by atoms with Gasteiger partial charge in [-0.2, -0.15) is 0 Å². The molecule has 1 aromatic rings. The lowest BCUT2D eigenvalue weighted by Gasteiger charge is -2.23. The predicted octanol–water partition coefficient (Wildman–Crippen LogP) is 2.76. The minimum Gasteiger partial charge on any atom is -0.465 e. The lowest BCUT2D eigenvalue weighted by Crippen LogP contribution is -2.28. The third-order valence-electron chi connectivity index (χ3n) is 3.63. The summed E-state index contributed by atoms with van der Waals surface area (Å²) in [5.41, 5.74) is 9.55. The zero-order chi connectivity index (χ0) is 13.8. The zero-order valence-corrected chi connectivity index (χ0v) is 12.6. The molecular formula is C16H22ClNO2. The van der Waals surface area contributed by atoms with Gasteiger partial charge in [-0.3, -0.25) is 4.79 Å². The van der Waals surface area contributed by atoms with Crippen LogP contribution in [0.3, 0.4) is 0 Å². The van der Waals surface area contributed by atoms with Crippen LogP contribution in [0.1, 0.15) is 36.0 Å². The maximum atomic E-state index is 11.9. The molecule has 2 atom stereocenters. The highest BCUT2D eigenvalue weighted by molar-refractivity contribution is 5.85. The maximum absolute atomic E-state index is 11.9. The first-order chi connectivity index (χ1) is 9.15. The Hall–Kier alpha value is -1.32.